The van der Waals surface area contributed by atoms with Crippen LogP contribution in [0.25, 0.3) is 0 Å². The zero-order chi connectivity index (χ0) is 10.4. The Hall–Kier alpha value is -1.51. The zero-order valence-corrected chi connectivity index (χ0v) is 8.20. The number of hydrogen-bond acceptors (Lipinski definition) is 2. The van der Waals surface area contributed by atoms with Gasteiger partial charge in [-0.1, -0.05) is 12.1 Å². The van der Waals surface area contributed by atoms with Crippen LogP contribution in [0, 0.1) is 0 Å². The topological polar surface area (TPSA) is 69.1 Å². The van der Waals surface area contributed by atoms with E-state index in [1.807, 2.05) is 24.3 Å². The van der Waals surface area contributed by atoms with Gasteiger partial charge in [-0.25, -0.2) is 0 Å². The van der Waals surface area contributed by atoms with Crippen LogP contribution in [0.1, 0.15) is 24.8 Å². The summed E-state index contributed by atoms with van der Waals surface area (Å²) in [5.74, 6) is -0.224. The van der Waals surface area contributed by atoms with Crippen LogP contribution in [0.5, 0.6) is 0 Å². The van der Waals surface area contributed by atoms with Crippen LogP contribution in [0.3, 0.4) is 0 Å². The molecule has 0 aliphatic rings. The number of aryl methyl sites for hydroxylation is 1. The van der Waals surface area contributed by atoms with Crippen molar-refractivity contribution in [1.29, 1.82) is 0 Å². The van der Waals surface area contributed by atoms with Gasteiger partial charge in [0.2, 0.25) is 5.91 Å². The third-order valence-electron chi connectivity index (χ3n) is 2.09. The summed E-state index contributed by atoms with van der Waals surface area (Å²) in [4.78, 5) is 10.5. The first kappa shape index (κ1) is 10.6. The number of unbranched alkanes of at least 4 members (excludes halogenated alkanes) is 1. The van der Waals surface area contributed by atoms with E-state index in [4.69, 9.17) is 11.5 Å². The van der Waals surface area contributed by atoms with Gasteiger partial charge < -0.3 is 11.5 Å². The number of amides is 1. The minimum atomic E-state index is -0.224. The van der Waals surface area contributed by atoms with Crippen molar-refractivity contribution in [2.45, 2.75) is 25.7 Å². The highest BCUT2D eigenvalue weighted by Gasteiger charge is 1.96. The molecule has 14 heavy (non-hydrogen) atoms. The van der Waals surface area contributed by atoms with E-state index in [2.05, 4.69) is 0 Å². The summed E-state index contributed by atoms with van der Waals surface area (Å²) in [6.07, 6.45) is 3.26. The molecule has 3 heteroatoms. The quantitative estimate of drug-likeness (QED) is 0.548. The molecule has 0 heterocycles. The molecule has 1 rings (SSSR count). The predicted molar refractivity (Wildman–Crippen MR) is 57.6 cm³/mol. The van der Waals surface area contributed by atoms with E-state index < -0.39 is 0 Å². The van der Waals surface area contributed by atoms with E-state index in [1.165, 1.54) is 5.56 Å². The van der Waals surface area contributed by atoms with Crippen molar-refractivity contribution in [3.63, 3.8) is 0 Å². The predicted octanol–water partition coefficient (Wildman–Crippen LogP) is 1.47. The van der Waals surface area contributed by atoms with Crippen LogP contribution in [-0.2, 0) is 11.2 Å². The number of benzene rings is 1. The highest BCUT2D eigenvalue weighted by Crippen LogP contribution is 2.10. The lowest BCUT2D eigenvalue weighted by Crippen LogP contribution is -2.09. The molecule has 0 spiro atoms. The van der Waals surface area contributed by atoms with Crippen molar-refractivity contribution in [2.75, 3.05) is 5.73 Å². The molecule has 0 aliphatic heterocycles. The summed E-state index contributed by atoms with van der Waals surface area (Å²) >= 11 is 0. The number of nitrogens with two attached hydrogens (primary N) is 2. The van der Waals surface area contributed by atoms with Gasteiger partial charge in [0.1, 0.15) is 0 Å². The van der Waals surface area contributed by atoms with E-state index in [9.17, 15) is 4.79 Å². The van der Waals surface area contributed by atoms with Gasteiger partial charge in [-0.15, -0.1) is 0 Å². The third kappa shape index (κ3) is 3.94. The smallest absolute Gasteiger partial charge is 0.217 e. The van der Waals surface area contributed by atoms with Gasteiger partial charge in [0.05, 0.1) is 0 Å². The average molecular weight is 192 g/mol. The number of carbonyl (C=O) groups excluding carboxylic acids is 1. The van der Waals surface area contributed by atoms with Crippen LogP contribution in [0.2, 0.25) is 0 Å². The van der Waals surface area contributed by atoms with Crippen LogP contribution in [-0.4, -0.2) is 5.91 Å². The Balaban J connectivity index is 2.28. The minimum absolute atomic E-state index is 0.224. The highest BCUT2D eigenvalue weighted by molar-refractivity contribution is 5.73. The number of anilines is 1. The highest BCUT2D eigenvalue weighted by atomic mass is 16.1. The molecular formula is C11H16N2O. The second-order valence-electron chi connectivity index (χ2n) is 3.42. The first-order chi connectivity index (χ1) is 6.68. The van der Waals surface area contributed by atoms with Crippen molar-refractivity contribution < 1.29 is 4.79 Å². The molecule has 0 fully saturated rings. The maximum Gasteiger partial charge on any atom is 0.217 e. The molecule has 0 saturated carbocycles. The average Bonchev–Trinajstić information content (AvgIpc) is 2.12. The van der Waals surface area contributed by atoms with Gasteiger partial charge in [0.15, 0.2) is 0 Å². The van der Waals surface area contributed by atoms with Gasteiger partial charge in [0, 0.05) is 12.1 Å². The van der Waals surface area contributed by atoms with Gasteiger partial charge in [0.25, 0.3) is 0 Å². The Morgan fingerprint density at radius 3 is 2.71 bits per heavy atom. The Bertz CT molecular complexity index is 310. The number of nitrogen functional groups attached to an aromatic ring is 1. The molecule has 76 valence electrons. The number of primary amides is 1. The summed E-state index contributed by atoms with van der Waals surface area (Å²) in [5, 5.41) is 0. The van der Waals surface area contributed by atoms with Gasteiger partial charge >= 0.3 is 0 Å². The number of hydrogen-bond donors (Lipinski definition) is 2. The van der Waals surface area contributed by atoms with E-state index in [-0.39, 0.29) is 5.91 Å². The molecule has 0 atom stereocenters. The SMILES string of the molecule is NC(=O)CCCCc1cccc(N)c1. The zero-order valence-electron chi connectivity index (χ0n) is 8.20. The standard InChI is InChI=1S/C11H16N2O/c12-10-6-3-5-9(8-10)4-1-2-7-11(13)14/h3,5-6,8H,1-2,4,7,12H2,(H2,13,14). The van der Waals surface area contributed by atoms with Gasteiger partial charge in [-0.2, -0.15) is 0 Å². The molecule has 1 aromatic rings. The molecule has 0 unspecified atom stereocenters. The van der Waals surface area contributed by atoms with E-state index in [0.717, 1.165) is 24.9 Å². The summed E-state index contributed by atoms with van der Waals surface area (Å²) in [7, 11) is 0. The molecule has 4 N–H and O–H groups in total. The number of rotatable bonds is 5. The Kier molecular flexibility index (Phi) is 3.98. The summed E-state index contributed by atoms with van der Waals surface area (Å²) in [5.41, 5.74) is 12.7. The summed E-state index contributed by atoms with van der Waals surface area (Å²) < 4.78 is 0. The Morgan fingerprint density at radius 2 is 2.07 bits per heavy atom. The Morgan fingerprint density at radius 1 is 1.29 bits per heavy atom. The molecule has 0 bridgehead atoms. The van der Waals surface area contributed by atoms with Crippen LogP contribution in [0.15, 0.2) is 24.3 Å². The molecule has 0 saturated heterocycles. The maximum absolute atomic E-state index is 10.5. The molecule has 1 amide bonds. The molecule has 0 aliphatic carbocycles. The fraction of sp³-hybridized carbons (Fsp3) is 0.364. The van der Waals surface area contributed by atoms with Crippen molar-refractivity contribution in [2.24, 2.45) is 5.73 Å². The Labute approximate surface area is 84.1 Å². The summed E-state index contributed by atoms with van der Waals surface area (Å²) in [6.45, 7) is 0. The summed E-state index contributed by atoms with van der Waals surface area (Å²) in [6, 6.07) is 7.82. The van der Waals surface area contributed by atoms with Crippen molar-refractivity contribution >= 4 is 11.6 Å². The normalized spacial score (nSPS) is 10.0. The fourth-order valence-corrected chi connectivity index (χ4v) is 1.38. The third-order valence-corrected chi connectivity index (χ3v) is 2.09. The first-order valence-electron chi connectivity index (χ1n) is 4.81. The van der Waals surface area contributed by atoms with Crippen molar-refractivity contribution in [1.82, 2.24) is 0 Å². The first-order valence-corrected chi connectivity index (χ1v) is 4.81. The lowest BCUT2D eigenvalue weighted by molar-refractivity contribution is -0.118. The second kappa shape index (κ2) is 5.27. The molecule has 1 aromatic carbocycles. The van der Waals surface area contributed by atoms with Gasteiger partial charge in [-0.3, -0.25) is 4.79 Å². The maximum atomic E-state index is 10.5. The largest absolute Gasteiger partial charge is 0.399 e. The van der Waals surface area contributed by atoms with Crippen molar-refractivity contribution in [3.8, 4) is 0 Å². The van der Waals surface area contributed by atoms with Crippen LogP contribution >= 0.6 is 0 Å². The van der Waals surface area contributed by atoms with E-state index >= 15 is 0 Å². The number of carbonyl (C=O) groups is 1. The lowest BCUT2D eigenvalue weighted by atomic mass is 10.1. The van der Waals surface area contributed by atoms with E-state index in [1.54, 1.807) is 0 Å². The molecule has 0 radical (unpaired) electrons. The lowest BCUT2D eigenvalue weighted by Gasteiger charge is -2.01. The van der Waals surface area contributed by atoms with Gasteiger partial charge in [-0.05, 0) is 37.0 Å². The van der Waals surface area contributed by atoms with Crippen molar-refractivity contribution in [3.05, 3.63) is 29.8 Å². The van der Waals surface area contributed by atoms with Crippen LogP contribution < -0.4 is 11.5 Å². The fourth-order valence-electron chi connectivity index (χ4n) is 1.38. The molecule has 3 nitrogen and oxygen atoms in total. The minimum Gasteiger partial charge on any atom is -0.399 e. The molecular weight excluding hydrogens is 176 g/mol. The van der Waals surface area contributed by atoms with Crippen LogP contribution in [0.4, 0.5) is 5.69 Å². The monoisotopic (exact) mass is 192 g/mol. The second-order valence-corrected chi connectivity index (χ2v) is 3.42. The van der Waals surface area contributed by atoms with E-state index in [0.29, 0.717) is 6.42 Å². The molecule has 0 aromatic heterocycles.